The van der Waals surface area contributed by atoms with Crippen LogP contribution in [0, 0.1) is 6.92 Å². The zero-order chi connectivity index (χ0) is 24.5. The van der Waals surface area contributed by atoms with Gasteiger partial charge in [-0.25, -0.2) is 9.67 Å². The van der Waals surface area contributed by atoms with E-state index in [0.29, 0.717) is 30.0 Å². The van der Waals surface area contributed by atoms with Crippen LogP contribution in [-0.2, 0) is 12.0 Å². The highest BCUT2D eigenvalue weighted by molar-refractivity contribution is 6.06. The molecule has 0 aliphatic rings. The van der Waals surface area contributed by atoms with Crippen molar-refractivity contribution < 1.29 is 14.3 Å². The molecule has 178 valence electrons. The molecule has 7 heteroatoms. The molecule has 0 atom stereocenters. The zero-order valence-electron chi connectivity index (χ0n) is 21.3. The first-order valence-electron chi connectivity index (χ1n) is 11.3. The number of methoxy groups -OCH3 is 2. The van der Waals surface area contributed by atoms with Gasteiger partial charge < -0.3 is 14.4 Å². The highest BCUT2D eigenvalue weighted by atomic mass is 16.5. The average molecular weight is 453 g/mol. The van der Waals surface area contributed by atoms with Crippen LogP contribution >= 0.6 is 0 Å². The number of nitrogens with zero attached hydrogens (tertiary/aromatic N) is 4. The lowest BCUT2D eigenvalue weighted by molar-refractivity contribution is 0.0798. The lowest BCUT2D eigenvalue weighted by Crippen LogP contribution is -2.29. The van der Waals surface area contributed by atoms with Gasteiger partial charge in [0.15, 0.2) is 17.1 Å². The first-order chi connectivity index (χ1) is 15.5. The number of hydrogen-bond donors (Lipinski definition) is 0. The highest BCUT2D eigenvalue weighted by Gasteiger charge is 2.26. The van der Waals surface area contributed by atoms with Gasteiger partial charge in [-0.1, -0.05) is 19.9 Å². The number of carbonyl (C=O) groups is 1. The number of fused-ring (bicyclic) bond motifs is 1. The van der Waals surface area contributed by atoms with Crippen molar-refractivity contribution in [1.82, 2.24) is 19.7 Å². The molecule has 7 nitrogen and oxygen atoms in total. The molecule has 0 radical (unpaired) electrons. The summed E-state index contributed by atoms with van der Waals surface area (Å²) >= 11 is 0. The first-order valence-corrected chi connectivity index (χ1v) is 11.3. The van der Waals surface area contributed by atoms with Crippen molar-refractivity contribution in [1.29, 1.82) is 0 Å². The minimum absolute atomic E-state index is 0.0265. The van der Waals surface area contributed by atoms with Gasteiger partial charge in [-0.3, -0.25) is 4.79 Å². The molecule has 1 amide bonds. The van der Waals surface area contributed by atoms with Crippen molar-refractivity contribution in [3.05, 3.63) is 46.8 Å². The number of aryl methyl sites for hydroxylation is 1. The zero-order valence-corrected chi connectivity index (χ0v) is 21.3. The Kier molecular flexibility index (Phi) is 7.00. The van der Waals surface area contributed by atoms with E-state index < -0.39 is 0 Å². The van der Waals surface area contributed by atoms with Crippen LogP contribution in [0.5, 0.6) is 11.5 Å². The molecule has 1 aromatic carbocycles. The lowest BCUT2D eigenvalue weighted by Gasteiger charge is -2.21. The Morgan fingerprint density at radius 3 is 2.36 bits per heavy atom. The third-order valence-electron chi connectivity index (χ3n) is 5.82. The highest BCUT2D eigenvalue weighted by Crippen LogP contribution is 2.30. The standard InChI is InChI=1S/C26H36N4O3/c1-16(2)20-15-19(23-17(3)28-30(24(23)27-20)26(4,5)6)25(31)29(7)13-12-18-10-11-21(32-8)22(14-18)33-9/h10-11,14-16H,12-13H2,1-9H3. The molecule has 0 fully saturated rings. The summed E-state index contributed by atoms with van der Waals surface area (Å²) in [6.07, 6.45) is 0.702. The van der Waals surface area contributed by atoms with E-state index in [1.54, 1.807) is 19.1 Å². The van der Waals surface area contributed by atoms with E-state index in [1.165, 1.54) is 0 Å². The van der Waals surface area contributed by atoms with Gasteiger partial charge in [0.2, 0.25) is 0 Å². The Morgan fingerprint density at radius 1 is 1.12 bits per heavy atom. The van der Waals surface area contributed by atoms with Crippen molar-refractivity contribution in [2.75, 3.05) is 27.8 Å². The predicted octanol–water partition coefficient (Wildman–Crippen LogP) is 4.95. The molecule has 33 heavy (non-hydrogen) atoms. The van der Waals surface area contributed by atoms with Crippen molar-refractivity contribution in [2.24, 2.45) is 0 Å². The van der Waals surface area contributed by atoms with Gasteiger partial charge in [-0.05, 0) is 63.8 Å². The minimum atomic E-state index is -0.241. The summed E-state index contributed by atoms with van der Waals surface area (Å²) in [6, 6.07) is 7.78. The number of rotatable bonds is 7. The Labute approximate surface area is 196 Å². The van der Waals surface area contributed by atoms with Crippen LogP contribution in [0.25, 0.3) is 11.0 Å². The molecule has 2 aromatic heterocycles. The fraction of sp³-hybridized carbons (Fsp3) is 0.500. The number of carbonyl (C=O) groups excluding carboxylic acids is 1. The van der Waals surface area contributed by atoms with E-state index in [-0.39, 0.29) is 17.4 Å². The summed E-state index contributed by atoms with van der Waals surface area (Å²) in [5.41, 5.74) is 3.97. The number of hydrogen-bond acceptors (Lipinski definition) is 5. The van der Waals surface area contributed by atoms with E-state index >= 15 is 0 Å². The van der Waals surface area contributed by atoms with Crippen LogP contribution in [0.2, 0.25) is 0 Å². The van der Waals surface area contributed by atoms with E-state index in [1.807, 2.05) is 42.9 Å². The maximum Gasteiger partial charge on any atom is 0.254 e. The summed E-state index contributed by atoms with van der Waals surface area (Å²) in [5, 5.41) is 5.58. The molecule has 0 aliphatic heterocycles. The van der Waals surface area contributed by atoms with Gasteiger partial charge >= 0.3 is 0 Å². The van der Waals surface area contributed by atoms with Crippen LogP contribution < -0.4 is 9.47 Å². The molecule has 0 saturated heterocycles. The molecule has 0 aliphatic carbocycles. The van der Waals surface area contributed by atoms with Gasteiger partial charge in [0.1, 0.15) is 0 Å². The maximum atomic E-state index is 13.6. The van der Waals surface area contributed by atoms with Crippen molar-refractivity contribution in [2.45, 2.75) is 59.4 Å². The Hall–Kier alpha value is -3.09. The minimum Gasteiger partial charge on any atom is -0.493 e. The van der Waals surface area contributed by atoms with Crippen molar-refractivity contribution in [3.63, 3.8) is 0 Å². The summed E-state index contributed by atoms with van der Waals surface area (Å²) in [7, 11) is 5.08. The van der Waals surface area contributed by atoms with Crippen LogP contribution in [-0.4, -0.2) is 53.4 Å². The average Bonchev–Trinajstić information content (AvgIpc) is 3.13. The molecule has 0 N–H and O–H groups in total. The van der Waals surface area contributed by atoms with Gasteiger partial charge in [0.25, 0.3) is 5.91 Å². The first kappa shape index (κ1) is 24.6. The molecular formula is C26H36N4O3. The quantitative estimate of drug-likeness (QED) is 0.507. The van der Waals surface area contributed by atoms with Gasteiger partial charge in [0, 0.05) is 19.3 Å². The molecule has 0 saturated carbocycles. The Bertz CT molecular complexity index is 1160. The fourth-order valence-corrected chi connectivity index (χ4v) is 3.88. The monoisotopic (exact) mass is 452 g/mol. The SMILES string of the molecule is COc1ccc(CCN(C)C(=O)c2cc(C(C)C)nc3c2c(C)nn3C(C)(C)C)cc1OC. The van der Waals surface area contributed by atoms with Gasteiger partial charge in [-0.2, -0.15) is 5.10 Å². The number of ether oxygens (including phenoxy) is 2. The van der Waals surface area contributed by atoms with Crippen LogP contribution in [0.1, 0.15) is 67.8 Å². The molecule has 0 unspecified atom stereocenters. The van der Waals surface area contributed by atoms with E-state index in [2.05, 4.69) is 34.6 Å². The number of amides is 1. The van der Waals surface area contributed by atoms with Crippen LogP contribution in [0.3, 0.4) is 0 Å². The number of aromatic nitrogens is 3. The molecule has 3 aromatic rings. The maximum absolute atomic E-state index is 13.6. The third kappa shape index (κ3) is 4.97. The van der Waals surface area contributed by atoms with E-state index in [4.69, 9.17) is 19.6 Å². The predicted molar refractivity (Wildman–Crippen MR) is 132 cm³/mol. The van der Waals surface area contributed by atoms with Gasteiger partial charge in [-0.15, -0.1) is 0 Å². The van der Waals surface area contributed by atoms with E-state index in [9.17, 15) is 4.79 Å². The Balaban J connectivity index is 1.95. The van der Waals surface area contributed by atoms with E-state index in [0.717, 1.165) is 28.0 Å². The normalized spacial score (nSPS) is 11.8. The van der Waals surface area contributed by atoms with Crippen LogP contribution in [0.15, 0.2) is 24.3 Å². The Morgan fingerprint density at radius 2 is 1.79 bits per heavy atom. The number of benzene rings is 1. The van der Waals surface area contributed by atoms with Gasteiger partial charge in [0.05, 0.1) is 36.4 Å². The topological polar surface area (TPSA) is 69.5 Å². The summed E-state index contributed by atoms with van der Waals surface area (Å²) < 4.78 is 12.7. The van der Waals surface area contributed by atoms with Crippen LogP contribution in [0.4, 0.5) is 0 Å². The second-order valence-electron chi connectivity index (χ2n) is 9.78. The number of pyridine rings is 1. The second kappa shape index (κ2) is 9.41. The summed E-state index contributed by atoms with van der Waals surface area (Å²) in [5.74, 6) is 1.55. The fourth-order valence-electron chi connectivity index (χ4n) is 3.88. The largest absolute Gasteiger partial charge is 0.493 e. The molecular weight excluding hydrogens is 416 g/mol. The summed E-state index contributed by atoms with van der Waals surface area (Å²) in [4.78, 5) is 20.3. The third-order valence-corrected chi connectivity index (χ3v) is 5.82. The molecule has 0 spiro atoms. The summed E-state index contributed by atoms with van der Waals surface area (Å²) in [6.45, 7) is 13.0. The second-order valence-corrected chi connectivity index (χ2v) is 9.78. The molecule has 2 heterocycles. The smallest absolute Gasteiger partial charge is 0.254 e. The molecule has 0 bridgehead atoms. The lowest BCUT2D eigenvalue weighted by atomic mass is 10.0. The number of likely N-dealkylation sites (N-methyl/N-ethyl adjacent to an activating group) is 1. The van der Waals surface area contributed by atoms with Crippen molar-refractivity contribution in [3.8, 4) is 11.5 Å². The van der Waals surface area contributed by atoms with Crippen molar-refractivity contribution >= 4 is 16.9 Å². The molecule has 3 rings (SSSR count).